The second-order valence-corrected chi connectivity index (χ2v) is 4.06. The summed E-state index contributed by atoms with van der Waals surface area (Å²) in [6, 6.07) is 0. The molecule has 0 spiro atoms. The van der Waals surface area contributed by atoms with Gasteiger partial charge in [-0.1, -0.05) is 20.3 Å². The van der Waals surface area contributed by atoms with Gasteiger partial charge in [0.2, 0.25) is 0 Å². The smallest absolute Gasteiger partial charge is 0.115 e. The fraction of sp³-hybridized carbons (Fsp3) is 1.00. The minimum Gasteiger partial charge on any atom is -0.439 e. The summed E-state index contributed by atoms with van der Waals surface area (Å²) in [6.45, 7) is 3.44. The Hall–Kier alpha value is 3.33. The maximum atomic E-state index is 9.48. The van der Waals surface area contributed by atoms with E-state index in [4.69, 9.17) is 25.9 Å². The van der Waals surface area contributed by atoms with Gasteiger partial charge < -0.3 is 51.1 Å². The molecule has 0 saturated carbocycles. The molecule has 0 aliphatic rings. The Kier molecular flexibility index (Phi) is 95.5. The molecule has 0 aromatic carbocycles. The minimum absolute atomic E-state index is 0. The average Bonchev–Trinajstić information content (AvgIpc) is 2.15. The molecular formula is C4H12Ag2O12S4Y2-4. The molecule has 0 aliphatic heterocycles. The van der Waals surface area contributed by atoms with Crippen LogP contribution in [0.3, 0.4) is 0 Å². The van der Waals surface area contributed by atoms with Gasteiger partial charge in [0.15, 0.2) is 0 Å². The number of hydrogen-bond acceptors (Lipinski definition) is 14. The Bertz CT molecular complexity index is 413. The number of hydrogen-bond donors (Lipinski definition) is 2. The van der Waals surface area contributed by atoms with Gasteiger partial charge in [0, 0.05) is 132 Å². The summed E-state index contributed by atoms with van der Waals surface area (Å²) in [5, 5.41) is 0. The Morgan fingerprint density at radius 3 is 0.875 bits per heavy atom. The molecule has 156 valence electrons. The standard InChI is InChI=1S/C3H8.CH2O6S2.2Ag.2HO3S.2Y/c1-3-2;2-8(3)6-1-7-9(4)5;;;2*1-4(2)3;;/h3H2,1-2H3;1H2;;;2*(H,1,2,3);;/q;-2;;;2*-1;;. The quantitative estimate of drug-likeness (QED) is 0.131. The van der Waals surface area contributed by atoms with Crippen LogP contribution in [0, 0.1) is 0 Å². The van der Waals surface area contributed by atoms with Crippen molar-refractivity contribution in [2.75, 3.05) is 6.79 Å². The molecule has 0 aliphatic carbocycles. The zero-order valence-electron chi connectivity index (χ0n) is 11.8. The topological polar surface area (TPSA) is 195 Å². The molecular weight excluding hydrogens is 762 g/mol. The van der Waals surface area contributed by atoms with Crippen LogP contribution in [0.2, 0.25) is 0 Å². The first-order valence-electron chi connectivity index (χ1n) is 4.02. The third-order valence-corrected chi connectivity index (χ3v) is 0.866. The third kappa shape index (κ3) is 172. The molecule has 24 heavy (non-hydrogen) atoms. The molecule has 0 saturated heterocycles. The second-order valence-electron chi connectivity index (χ2n) is 1.90. The average molecular weight is 774 g/mol. The van der Waals surface area contributed by atoms with E-state index in [0.29, 0.717) is 0 Å². The van der Waals surface area contributed by atoms with Gasteiger partial charge in [-0.05, 0) is 0 Å². The van der Waals surface area contributed by atoms with Gasteiger partial charge >= 0.3 is 0 Å². The van der Waals surface area contributed by atoms with Crippen LogP contribution in [-0.4, -0.2) is 15.9 Å². The van der Waals surface area contributed by atoms with Gasteiger partial charge in [-0.25, -0.2) is 0 Å². The fourth-order valence-electron chi connectivity index (χ4n) is 0.0982. The summed E-state index contributed by atoms with van der Waals surface area (Å²) in [4.78, 5) is 0. The number of rotatable bonds is 4. The minimum atomic E-state index is -2.86. The van der Waals surface area contributed by atoms with Crippen LogP contribution in [-0.2, 0) is 196 Å². The van der Waals surface area contributed by atoms with Crippen molar-refractivity contribution in [3.05, 3.63) is 0 Å². The molecule has 12 nitrogen and oxygen atoms in total. The van der Waals surface area contributed by atoms with Crippen molar-refractivity contribution in [3.63, 3.8) is 0 Å². The SMILES string of the molecule is CCC.O=[S-](=O)O.O=[S-](=O)O.O=[S-](=O)OCO[S-](=O)=O.[Ag].[Ag].[Y].[Y]. The summed E-state index contributed by atoms with van der Waals surface area (Å²) in [5.41, 5.74) is 0. The maximum Gasteiger partial charge on any atom is 0.115 e. The molecule has 0 atom stereocenters. The zero-order valence-corrected chi connectivity index (χ0v) is 23.7. The van der Waals surface area contributed by atoms with Crippen molar-refractivity contribution < 1.29 is 161 Å². The van der Waals surface area contributed by atoms with E-state index >= 15 is 0 Å². The molecule has 0 fully saturated rings. The summed E-state index contributed by atoms with van der Waals surface area (Å²) in [7, 11) is -11.2. The molecule has 20 heteroatoms. The molecule has 0 bridgehead atoms. The van der Waals surface area contributed by atoms with Crippen molar-refractivity contribution in [1.29, 1.82) is 0 Å². The van der Waals surface area contributed by atoms with Crippen LogP contribution >= 0.6 is 0 Å². The summed E-state index contributed by atoms with van der Waals surface area (Å²) in [6.07, 6.45) is 1.25. The molecule has 0 aromatic rings. The van der Waals surface area contributed by atoms with Crippen molar-refractivity contribution in [1.82, 2.24) is 0 Å². The van der Waals surface area contributed by atoms with Gasteiger partial charge in [-0.3, -0.25) is 0 Å². The zero-order chi connectivity index (χ0) is 17.1. The van der Waals surface area contributed by atoms with E-state index in [0.717, 1.165) is 0 Å². The van der Waals surface area contributed by atoms with Gasteiger partial charge in [-0.15, -0.1) is 0 Å². The Morgan fingerprint density at radius 2 is 0.792 bits per heavy atom. The fourth-order valence-corrected chi connectivity index (χ4v) is 0.412. The van der Waals surface area contributed by atoms with Crippen molar-refractivity contribution >= 4 is 43.9 Å². The van der Waals surface area contributed by atoms with Crippen LogP contribution in [0.4, 0.5) is 0 Å². The summed E-state index contributed by atoms with van der Waals surface area (Å²) < 4.78 is 93.4. The first-order chi connectivity index (χ1) is 9.00. The van der Waals surface area contributed by atoms with E-state index < -0.39 is 50.7 Å². The van der Waals surface area contributed by atoms with E-state index in [1.165, 1.54) is 6.42 Å². The largest absolute Gasteiger partial charge is 0.439 e. The molecule has 4 radical (unpaired) electrons. The van der Waals surface area contributed by atoms with Crippen molar-refractivity contribution in [2.45, 2.75) is 20.3 Å². The van der Waals surface area contributed by atoms with Gasteiger partial charge in [-0.2, -0.15) is 0 Å². The molecule has 0 aromatic heterocycles. The summed E-state index contributed by atoms with van der Waals surface area (Å²) in [5.74, 6) is 0. The molecule has 0 rings (SSSR count). The van der Waals surface area contributed by atoms with Crippen molar-refractivity contribution in [2.24, 2.45) is 0 Å². The van der Waals surface area contributed by atoms with E-state index in [1.54, 1.807) is 0 Å². The van der Waals surface area contributed by atoms with Crippen LogP contribution < -0.4 is 0 Å². The van der Waals surface area contributed by atoms with E-state index in [2.05, 4.69) is 22.2 Å². The predicted octanol–water partition coefficient (Wildman–Crippen LogP) is 0.369. The van der Waals surface area contributed by atoms with Gasteiger partial charge in [0.25, 0.3) is 0 Å². The third-order valence-electron chi connectivity index (χ3n) is 0.289. The van der Waals surface area contributed by atoms with Crippen molar-refractivity contribution in [3.8, 4) is 0 Å². The molecule has 0 heterocycles. The molecule has 0 unspecified atom stereocenters. The van der Waals surface area contributed by atoms with Gasteiger partial charge in [0.1, 0.15) is 6.79 Å². The summed E-state index contributed by atoms with van der Waals surface area (Å²) >= 11 is 0. The van der Waals surface area contributed by atoms with Crippen LogP contribution in [0.15, 0.2) is 0 Å². The van der Waals surface area contributed by atoms with Gasteiger partial charge in [0.05, 0.1) is 22.0 Å². The second kappa shape index (κ2) is 45.2. The van der Waals surface area contributed by atoms with Crippen LogP contribution in [0.1, 0.15) is 20.3 Å². The Labute approximate surface area is 228 Å². The van der Waals surface area contributed by atoms with Crippen LogP contribution in [0.5, 0.6) is 0 Å². The molecule has 2 N–H and O–H groups in total. The van der Waals surface area contributed by atoms with E-state index in [9.17, 15) is 16.8 Å². The first kappa shape index (κ1) is 50.7. The Morgan fingerprint density at radius 1 is 0.667 bits per heavy atom. The normalized spacial score (nSPS) is 7.67. The van der Waals surface area contributed by atoms with Crippen LogP contribution in [0.25, 0.3) is 0 Å². The van der Waals surface area contributed by atoms with E-state index in [-0.39, 0.29) is 110 Å². The molecule has 0 amide bonds. The predicted molar refractivity (Wildman–Crippen MR) is 63.2 cm³/mol. The maximum absolute atomic E-state index is 9.48. The monoisotopic (exact) mass is 772 g/mol. The first-order valence-corrected chi connectivity index (χ1v) is 8.09. The Balaban J connectivity index is -0.0000000248. The van der Waals surface area contributed by atoms with E-state index in [1.807, 2.05) is 0 Å².